The Balaban J connectivity index is 1.93. The maximum absolute atomic E-state index is 2.45. The lowest BCUT2D eigenvalue weighted by Crippen LogP contribution is -1.89. The first-order valence-electron chi connectivity index (χ1n) is 6.30. The standard InChI is InChI=1S/C17H14/c1-2-6-16-12(4-1)5-3-7-17(16)14-9-8-13-10-15(13)11-14/h1-9,11,13,15H,10H2. The molecule has 2 aliphatic rings. The van der Waals surface area contributed by atoms with E-state index in [1.54, 1.807) is 0 Å². The van der Waals surface area contributed by atoms with E-state index < -0.39 is 0 Å². The van der Waals surface area contributed by atoms with Gasteiger partial charge in [-0.3, -0.25) is 0 Å². The minimum absolute atomic E-state index is 0.814. The third-order valence-corrected chi connectivity index (χ3v) is 3.91. The first kappa shape index (κ1) is 9.23. The second-order valence-corrected chi connectivity index (χ2v) is 5.07. The van der Waals surface area contributed by atoms with E-state index >= 15 is 0 Å². The van der Waals surface area contributed by atoms with Gasteiger partial charge in [0.05, 0.1) is 0 Å². The zero-order chi connectivity index (χ0) is 11.2. The number of hydrogen-bond donors (Lipinski definition) is 0. The monoisotopic (exact) mass is 218 g/mol. The summed E-state index contributed by atoms with van der Waals surface area (Å²) in [6.45, 7) is 0. The molecule has 0 saturated heterocycles. The van der Waals surface area contributed by atoms with Crippen LogP contribution in [-0.4, -0.2) is 0 Å². The lowest BCUT2D eigenvalue weighted by Gasteiger charge is -2.10. The highest BCUT2D eigenvalue weighted by molar-refractivity contribution is 5.96. The second-order valence-electron chi connectivity index (χ2n) is 5.07. The molecule has 2 unspecified atom stereocenters. The summed E-state index contributed by atoms with van der Waals surface area (Å²) in [6, 6.07) is 15.2. The molecule has 0 heterocycles. The van der Waals surface area contributed by atoms with Crippen LogP contribution in [0.4, 0.5) is 0 Å². The Morgan fingerprint density at radius 1 is 0.882 bits per heavy atom. The predicted octanol–water partition coefficient (Wildman–Crippen LogP) is 4.43. The second kappa shape index (κ2) is 3.33. The summed E-state index contributed by atoms with van der Waals surface area (Å²) in [6.07, 6.45) is 8.48. The van der Waals surface area contributed by atoms with Gasteiger partial charge in [0.2, 0.25) is 0 Å². The Morgan fingerprint density at radius 3 is 2.71 bits per heavy atom. The van der Waals surface area contributed by atoms with Crippen molar-refractivity contribution in [1.82, 2.24) is 0 Å². The molecule has 1 fully saturated rings. The van der Waals surface area contributed by atoms with E-state index in [0.29, 0.717) is 0 Å². The van der Waals surface area contributed by atoms with Crippen molar-refractivity contribution in [3.05, 3.63) is 66.3 Å². The Morgan fingerprint density at radius 2 is 1.76 bits per heavy atom. The summed E-state index contributed by atoms with van der Waals surface area (Å²) in [5.74, 6) is 1.66. The normalized spacial score (nSPS) is 25.5. The molecule has 0 N–H and O–H groups in total. The average molecular weight is 218 g/mol. The maximum Gasteiger partial charge on any atom is -0.0106 e. The van der Waals surface area contributed by atoms with E-state index in [1.165, 1.54) is 28.3 Å². The predicted molar refractivity (Wildman–Crippen MR) is 72.7 cm³/mol. The zero-order valence-corrected chi connectivity index (χ0v) is 9.64. The third-order valence-electron chi connectivity index (χ3n) is 3.91. The van der Waals surface area contributed by atoms with Crippen molar-refractivity contribution in [3.8, 4) is 0 Å². The number of rotatable bonds is 1. The fraction of sp³-hybridized carbons (Fsp3) is 0.176. The van der Waals surface area contributed by atoms with Crippen molar-refractivity contribution >= 4 is 16.3 Å². The summed E-state index contributed by atoms with van der Waals surface area (Å²) in [5.41, 5.74) is 2.78. The van der Waals surface area contributed by atoms with Crippen molar-refractivity contribution in [2.24, 2.45) is 11.8 Å². The number of benzene rings is 2. The summed E-state index contributed by atoms with van der Waals surface area (Å²) in [5, 5.41) is 2.70. The van der Waals surface area contributed by atoms with E-state index in [2.05, 4.69) is 60.7 Å². The summed E-state index contributed by atoms with van der Waals surface area (Å²) in [4.78, 5) is 0. The largest absolute Gasteiger partial charge is 0.0802 e. The fourth-order valence-corrected chi connectivity index (χ4v) is 2.82. The van der Waals surface area contributed by atoms with Gasteiger partial charge in [0.1, 0.15) is 0 Å². The van der Waals surface area contributed by atoms with Crippen LogP contribution in [0.3, 0.4) is 0 Å². The highest BCUT2D eigenvalue weighted by Crippen LogP contribution is 2.46. The molecule has 0 amide bonds. The molecule has 2 atom stereocenters. The van der Waals surface area contributed by atoms with Crippen LogP contribution in [-0.2, 0) is 0 Å². The number of hydrogen-bond acceptors (Lipinski definition) is 0. The highest BCUT2D eigenvalue weighted by Gasteiger charge is 2.35. The van der Waals surface area contributed by atoms with E-state index in [4.69, 9.17) is 0 Å². The Labute approximate surface area is 101 Å². The molecule has 0 aliphatic heterocycles. The van der Waals surface area contributed by atoms with E-state index in [0.717, 1.165) is 11.8 Å². The van der Waals surface area contributed by atoms with Crippen LogP contribution in [0.25, 0.3) is 16.3 Å². The van der Waals surface area contributed by atoms with Crippen molar-refractivity contribution in [2.75, 3.05) is 0 Å². The molecule has 0 spiro atoms. The van der Waals surface area contributed by atoms with Gasteiger partial charge in [-0.05, 0) is 40.2 Å². The molecule has 0 aromatic heterocycles. The molecule has 82 valence electrons. The summed E-state index contributed by atoms with van der Waals surface area (Å²) < 4.78 is 0. The minimum atomic E-state index is 0.814. The molecule has 0 bridgehead atoms. The number of allylic oxidation sites excluding steroid dienone is 4. The lowest BCUT2D eigenvalue weighted by molar-refractivity contribution is 0.985. The zero-order valence-electron chi connectivity index (χ0n) is 9.64. The first-order chi connectivity index (χ1) is 8.42. The minimum Gasteiger partial charge on any atom is -0.0802 e. The molecular weight excluding hydrogens is 204 g/mol. The summed E-state index contributed by atoms with van der Waals surface area (Å²) >= 11 is 0. The molecule has 2 aromatic carbocycles. The molecule has 0 nitrogen and oxygen atoms in total. The van der Waals surface area contributed by atoms with Crippen molar-refractivity contribution in [2.45, 2.75) is 6.42 Å². The Kier molecular flexibility index (Phi) is 1.81. The van der Waals surface area contributed by atoms with Gasteiger partial charge < -0.3 is 0 Å². The van der Waals surface area contributed by atoms with Gasteiger partial charge in [0.15, 0.2) is 0 Å². The molecule has 4 rings (SSSR count). The quantitative estimate of drug-likeness (QED) is 0.664. The number of fused-ring (bicyclic) bond motifs is 2. The van der Waals surface area contributed by atoms with Gasteiger partial charge in [-0.25, -0.2) is 0 Å². The third kappa shape index (κ3) is 1.44. The lowest BCUT2D eigenvalue weighted by atomic mass is 9.95. The molecule has 0 heteroatoms. The fourth-order valence-electron chi connectivity index (χ4n) is 2.82. The maximum atomic E-state index is 2.45. The van der Waals surface area contributed by atoms with Crippen LogP contribution in [0.1, 0.15) is 12.0 Å². The Bertz CT molecular complexity index is 641. The van der Waals surface area contributed by atoms with Crippen LogP contribution >= 0.6 is 0 Å². The van der Waals surface area contributed by atoms with Crippen molar-refractivity contribution in [3.63, 3.8) is 0 Å². The van der Waals surface area contributed by atoms with Crippen LogP contribution in [0, 0.1) is 11.8 Å². The van der Waals surface area contributed by atoms with Gasteiger partial charge in [-0.2, -0.15) is 0 Å². The van der Waals surface area contributed by atoms with Gasteiger partial charge >= 0.3 is 0 Å². The van der Waals surface area contributed by atoms with E-state index in [9.17, 15) is 0 Å². The van der Waals surface area contributed by atoms with Crippen LogP contribution in [0.5, 0.6) is 0 Å². The van der Waals surface area contributed by atoms with Gasteiger partial charge in [0.25, 0.3) is 0 Å². The molecule has 1 saturated carbocycles. The molecular formula is C17H14. The van der Waals surface area contributed by atoms with Crippen molar-refractivity contribution in [1.29, 1.82) is 0 Å². The van der Waals surface area contributed by atoms with Crippen LogP contribution < -0.4 is 0 Å². The van der Waals surface area contributed by atoms with E-state index in [-0.39, 0.29) is 0 Å². The van der Waals surface area contributed by atoms with Crippen LogP contribution in [0.2, 0.25) is 0 Å². The highest BCUT2D eigenvalue weighted by atomic mass is 14.4. The molecule has 17 heavy (non-hydrogen) atoms. The van der Waals surface area contributed by atoms with Crippen molar-refractivity contribution < 1.29 is 0 Å². The van der Waals surface area contributed by atoms with Crippen LogP contribution in [0.15, 0.2) is 60.7 Å². The molecule has 2 aliphatic carbocycles. The SMILES string of the molecule is C1=CC2CC2C=C1c1cccc2ccccc12. The van der Waals surface area contributed by atoms with Gasteiger partial charge in [-0.15, -0.1) is 0 Å². The first-order valence-corrected chi connectivity index (χ1v) is 6.30. The smallest absolute Gasteiger partial charge is 0.0106 e. The topological polar surface area (TPSA) is 0 Å². The average Bonchev–Trinajstić information content (AvgIpc) is 3.16. The van der Waals surface area contributed by atoms with E-state index in [1.807, 2.05) is 0 Å². The molecule has 2 aromatic rings. The molecule has 0 radical (unpaired) electrons. The summed E-state index contributed by atoms with van der Waals surface area (Å²) in [7, 11) is 0. The van der Waals surface area contributed by atoms with Gasteiger partial charge in [0, 0.05) is 0 Å². The Hall–Kier alpha value is -1.82. The van der Waals surface area contributed by atoms with Gasteiger partial charge in [-0.1, -0.05) is 60.7 Å².